The standard InChI is InChI=1S/C14H15N7O2S/c1-8-7-9(2)21-14(17-8)12(13(15)20-21)19-18-10-3-5-11(6-4-10)24(16,22)23/h3-7H,1-2H3,(H2,15,20)(H2,16,22,23). The molecular formula is C14H15N7O2S. The van der Waals surface area contributed by atoms with Crippen LogP contribution in [0.5, 0.6) is 0 Å². The van der Waals surface area contributed by atoms with E-state index in [2.05, 4.69) is 20.3 Å². The highest BCUT2D eigenvalue weighted by Crippen LogP contribution is 2.29. The molecule has 0 aliphatic carbocycles. The van der Waals surface area contributed by atoms with Crippen LogP contribution >= 0.6 is 0 Å². The first-order valence-corrected chi connectivity index (χ1v) is 8.47. The van der Waals surface area contributed by atoms with Crippen LogP contribution in [0.1, 0.15) is 11.4 Å². The van der Waals surface area contributed by atoms with E-state index in [0.717, 1.165) is 11.4 Å². The summed E-state index contributed by atoms with van der Waals surface area (Å²) in [6.45, 7) is 3.75. The highest BCUT2D eigenvalue weighted by molar-refractivity contribution is 7.89. The predicted molar refractivity (Wildman–Crippen MR) is 88.9 cm³/mol. The third kappa shape index (κ3) is 2.96. The molecule has 0 fully saturated rings. The summed E-state index contributed by atoms with van der Waals surface area (Å²) < 4.78 is 24.1. The van der Waals surface area contributed by atoms with E-state index in [9.17, 15) is 8.42 Å². The van der Waals surface area contributed by atoms with Gasteiger partial charge in [0.1, 0.15) is 0 Å². The smallest absolute Gasteiger partial charge is 0.238 e. The number of aromatic nitrogens is 3. The Morgan fingerprint density at radius 2 is 1.79 bits per heavy atom. The summed E-state index contributed by atoms with van der Waals surface area (Å²) in [5.74, 6) is 0.209. The molecule has 10 heteroatoms. The number of aryl methyl sites for hydroxylation is 2. The van der Waals surface area contributed by atoms with E-state index >= 15 is 0 Å². The molecule has 4 N–H and O–H groups in total. The zero-order valence-electron chi connectivity index (χ0n) is 13.0. The summed E-state index contributed by atoms with van der Waals surface area (Å²) in [4.78, 5) is 4.39. The number of nitrogen functional groups attached to an aromatic ring is 1. The average molecular weight is 345 g/mol. The molecule has 0 aliphatic rings. The highest BCUT2D eigenvalue weighted by atomic mass is 32.2. The van der Waals surface area contributed by atoms with Crippen molar-refractivity contribution in [1.29, 1.82) is 0 Å². The fraction of sp³-hybridized carbons (Fsp3) is 0.143. The molecule has 24 heavy (non-hydrogen) atoms. The van der Waals surface area contributed by atoms with Crippen LogP contribution in [0.2, 0.25) is 0 Å². The van der Waals surface area contributed by atoms with E-state index in [1.807, 2.05) is 19.9 Å². The number of anilines is 1. The number of nitrogens with zero attached hydrogens (tertiary/aromatic N) is 5. The molecule has 0 saturated heterocycles. The van der Waals surface area contributed by atoms with Crippen molar-refractivity contribution in [2.45, 2.75) is 18.7 Å². The van der Waals surface area contributed by atoms with Crippen molar-refractivity contribution in [3.8, 4) is 0 Å². The Hall–Kier alpha value is -2.85. The normalized spacial score (nSPS) is 12.3. The van der Waals surface area contributed by atoms with Crippen LogP contribution in [-0.4, -0.2) is 23.0 Å². The molecule has 3 aromatic rings. The molecule has 9 nitrogen and oxygen atoms in total. The van der Waals surface area contributed by atoms with Crippen molar-refractivity contribution in [2.75, 3.05) is 5.73 Å². The fourth-order valence-corrected chi connectivity index (χ4v) is 2.75. The molecule has 0 saturated carbocycles. The molecule has 0 unspecified atom stereocenters. The Balaban J connectivity index is 2.01. The second kappa shape index (κ2) is 5.65. The minimum Gasteiger partial charge on any atom is -0.380 e. The van der Waals surface area contributed by atoms with E-state index in [4.69, 9.17) is 10.9 Å². The number of benzene rings is 1. The van der Waals surface area contributed by atoms with Gasteiger partial charge in [-0.3, -0.25) is 0 Å². The molecular weight excluding hydrogens is 330 g/mol. The van der Waals surface area contributed by atoms with E-state index in [0.29, 0.717) is 17.0 Å². The van der Waals surface area contributed by atoms with Gasteiger partial charge in [-0.1, -0.05) is 0 Å². The maximum atomic E-state index is 11.2. The van der Waals surface area contributed by atoms with Gasteiger partial charge in [-0.25, -0.2) is 23.1 Å². The average Bonchev–Trinajstić information content (AvgIpc) is 2.81. The molecule has 2 heterocycles. The molecule has 3 rings (SSSR count). The molecule has 2 aromatic heterocycles. The van der Waals surface area contributed by atoms with Gasteiger partial charge in [0.2, 0.25) is 10.0 Å². The Kier molecular flexibility index (Phi) is 3.78. The van der Waals surface area contributed by atoms with Crippen molar-refractivity contribution in [2.24, 2.45) is 15.4 Å². The van der Waals surface area contributed by atoms with E-state index in [1.54, 1.807) is 4.52 Å². The second-order valence-corrected chi connectivity index (χ2v) is 6.81. The number of rotatable bonds is 3. The van der Waals surface area contributed by atoms with Gasteiger partial charge in [-0.15, -0.1) is 10.2 Å². The van der Waals surface area contributed by atoms with Crippen molar-refractivity contribution in [3.63, 3.8) is 0 Å². The number of azo groups is 1. The molecule has 0 amide bonds. The lowest BCUT2D eigenvalue weighted by Gasteiger charge is -2.00. The van der Waals surface area contributed by atoms with Crippen LogP contribution in [-0.2, 0) is 10.0 Å². The number of fused-ring (bicyclic) bond motifs is 1. The second-order valence-electron chi connectivity index (χ2n) is 5.25. The summed E-state index contributed by atoms with van der Waals surface area (Å²) in [7, 11) is -3.74. The van der Waals surface area contributed by atoms with Crippen molar-refractivity contribution >= 4 is 32.9 Å². The van der Waals surface area contributed by atoms with Gasteiger partial charge >= 0.3 is 0 Å². The van der Waals surface area contributed by atoms with Gasteiger partial charge < -0.3 is 5.73 Å². The Bertz CT molecular complexity index is 1050. The first-order valence-electron chi connectivity index (χ1n) is 6.93. The number of sulfonamides is 1. The first-order chi connectivity index (χ1) is 11.3. The quantitative estimate of drug-likeness (QED) is 0.698. The maximum absolute atomic E-state index is 11.2. The zero-order chi connectivity index (χ0) is 17.5. The largest absolute Gasteiger partial charge is 0.380 e. The van der Waals surface area contributed by atoms with Crippen molar-refractivity contribution in [3.05, 3.63) is 41.7 Å². The molecule has 0 bridgehead atoms. The summed E-state index contributed by atoms with van der Waals surface area (Å²) in [5.41, 5.74) is 8.91. The van der Waals surface area contributed by atoms with Gasteiger partial charge in [-0.05, 0) is 44.2 Å². The van der Waals surface area contributed by atoms with Crippen LogP contribution in [0.3, 0.4) is 0 Å². The Labute approximate surface area is 138 Å². The summed E-state index contributed by atoms with van der Waals surface area (Å²) in [6, 6.07) is 7.59. The molecule has 0 atom stereocenters. The summed E-state index contributed by atoms with van der Waals surface area (Å²) in [5, 5.41) is 17.4. The lowest BCUT2D eigenvalue weighted by atomic mass is 10.3. The number of hydrogen-bond donors (Lipinski definition) is 2. The van der Waals surface area contributed by atoms with Crippen LogP contribution in [0.4, 0.5) is 17.2 Å². The highest BCUT2D eigenvalue weighted by Gasteiger charge is 2.13. The lowest BCUT2D eigenvalue weighted by Crippen LogP contribution is -2.11. The molecule has 124 valence electrons. The van der Waals surface area contributed by atoms with E-state index in [-0.39, 0.29) is 10.7 Å². The van der Waals surface area contributed by atoms with Crippen LogP contribution in [0, 0.1) is 13.8 Å². The molecule has 0 radical (unpaired) electrons. The van der Waals surface area contributed by atoms with Crippen molar-refractivity contribution < 1.29 is 8.42 Å². The maximum Gasteiger partial charge on any atom is 0.238 e. The monoisotopic (exact) mass is 345 g/mol. The van der Waals surface area contributed by atoms with Gasteiger partial charge in [0.15, 0.2) is 17.2 Å². The fourth-order valence-electron chi connectivity index (χ4n) is 2.23. The van der Waals surface area contributed by atoms with Crippen LogP contribution < -0.4 is 10.9 Å². The van der Waals surface area contributed by atoms with Gasteiger partial charge in [0.05, 0.1) is 10.6 Å². The van der Waals surface area contributed by atoms with Crippen LogP contribution in [0.15, 0.2) is 45.5 Å². The molecule has 0 aliphatic heterocycles. The van der Waals surface area contributed by atoms with Crippen molar-refractivity contribution in [1.82, 2.24) is 14.6 Å². The van der Waals surface area contributed by atoms with Gasteiger partial charge in [0, 0.05) is 11.4 Å². The lowest BCUT2D eigenvalue weighted by molar-refractivity contribution is 0.598. The first kappa shape index (κ1) is 16.0. The SMILES string of the molecule is Cc1cc(C)n2nc(N)c(N=Nc3ccc(S(N)(=O)=O)cc3)c2n1. The number of primary sulfonamides is 1. The minimum atomic E-state index is -3.74. The summed E-state index contributed by atoms with van der Waals surface area (Å²) in [6.07, 6.45) is 0. The predicted octanol–water partition coefficient (Wildman–Crippen LogP) is 1.99. The Morgan fingerprint density at radius 1 is 1.12 bits per heavy atom. The zero-order valence-corrected chi connectivity index (χ0v) is 13.8. The number of hydrogen-bond acceptors (Lipinski definition) is 7. The van der Waals surface area contributed by atoms with Crippen LogP contribution in [0.25, 0.3) is 5.65 Å². The van der Waals surface area contributed by atoms with Gasteiger partial charge in [0.25, 0.3) is 0 Å². The third-order valence-electron chi connectivity index (χ3n) is 3.33. The Morgan fingerprint density at radius 3 is 2.42 bits per heavy atom. The molecule has 1 aromatic carbocycles. The topological polar surface area (TPSA) is 141 Å². The minimum absolute atomic E-state index is 0.00450. The number of nitrogens with two attached hydrogens (primary N) is 2. The molecule has 0 spiro atoms. The van der Waals surface area contributed by atoms with E-state index < -0.39 is 10.0 Å². The third-order valence-corrected chi connectivity index (χ3v) is 4.26. The van der Waals surface area contributed by atoms with Gasteiger partial charge in [-0.2, -0.15) is 5.11 Å². The summed E-state index contributed by atoms with van der Waals surface area (Å²) >= 11 is 0. The van der Waals surface area contributed by atoms with E-state index in [1.165, 1.54) is 24.3 Å².